The summed E-state index contributed by atoms with van der Waals surface area (Å²) >= 11 is 0. The summed E-state index contributed by atoms with van der Waals surface area (Å²) in [7, 11) is -4.85. The van der Waals surface area contributed by atoms with Gasteiger partial charge in [0.25, 0.3) is 0 Å². The van der Waals surface area contributed by atoms with Crippen LogP contribution in [0.5, 0.6) is 5.75 Å². The molecule has 1 aromatic carbocycles. The Bertz CT molecular complexity index is 1200. The number of amides is 3. The van der Waals surface area contributed by atoms with Gasteiger partial charge in [0.15, 0.2) is 0 Å². The minimum Gasteiger partial charge on any atom is -0.478 e. The molecular weight excluding hydrogens is 553 g/mol. The molecule has 0 heterocycles. The molecule has 1 aromatic rings. The summed E-state index contributed by atoms with van der Waals surface area (Å²) in [5, 5.41) is 15.4. The van der Waals surface area contributed by atoms with Gasteiger partial charge in [-0.25, -0.2) is 9.36 Å². The highest BCUT2D eigenvalue weighted by molar-refractivity contribution is 7.46. The van der Waals surface area contributed by atoms with Gasteiger partial charge in [-0.1, -0.05) is 19.1 Å². The Morgan fingerprint density at radius 2 is 1.56 bits per heavy atom. The molecule has 5 N–H and O–H groups in total. The van der Waals surface area contributed by atoms with E-state index in [0.29, 0.717) is 24.3 Å². The molecule has 0 aliphatic heterocycles. The summed E-state index contributed by atoms with van der Waals surface area (Å²) in [4.78, 5) is 72.4. The fourth-order valence-corrected chi connectivity index (χ4v) is 8.32. The van der Waals surface area contributed by atoms with Crippen molar-refractivity contribution in [3.05, 3.63) is 29.8 Å². The van der Waals surface area contributed by atoms with Gasteiger partial charge in [-0.05, 0) is 80.9 Å². The molecular formula is C28H40N3O9P. The van der Waals surface area contributed by atoms with E-state index in [9.17, 15) is 28.8 Å². The van der Waals surface area contributed by atoms with E-state index >= 15 is 0 Å². The number of nitrogens with one attached hydrogen (secondary N) is 2. The predicted octanol–water partition coefficient (Wildman–Crippen LogP) is 2.89. The van der Waals surface area contributed by atoms with Gasteiger partial charge < -0.3 is 25.2 Å². The van der Waals surface area contributed by atoms with Crippen LogP contribution in [0.2, 0.25) is 0 Å². The smallest absolute Gasteiger partial charge is 0.478 e. The average molecular weight is 594 g/mol. The molecule has 41 heavy (non-hydrogen) atoms. The van der Waals surface area contributed by atoms with E-state index in [1.807, 2.05) is 11.8 Å². The van der Waals surface area contributed by atoms with Crippen molar-refractivity contribution >= 4 is 31.5 Å². The quantitative estimate of drug-likeness (QED) is 0.180. The van der Waals surface area contributed by atoms with Crippen molar-refractivity contribution in [3.63, 3.8) is 0 Å². The van der Waals surface area contributed by atoms with Crippen molar-refractivity contribution in [2.45, 2.75) is 89.3 Å². The minimum absolute atomic E-state index is 0.0707. The second kappa shape index (κ2) is 11.7. The van der Waals surface area contributed by atoms with Gasteiger partial charge in [0.05, 0.1) is 0 Å². The lowest BCUT2D eigenvalue weighted by molar-refractivity contribution is -0.157. The van der Waals surface area contributed by atoms with Gasteiger partial charge in [0.2, 0.25) is 23.4 Å². The summed E-state index contributed by atoms with van der Waals surface area (Å²) < 4.78 is 15.9. The van der Waals surface area contributed by atoms with Crippen molar-refractivity contribution in [1.82, 2.24) is 15.5 Å². The first kappa shape index (κ1) is 31.0. The molecule has 4 saturated carbocycles. The number of aliphatic carboxylic acids is 1. The monoisotopic (exact) mass is 593 g/mol. The number of carboxylic acid groups (broad SMARTS) is 1. The average Bonchev–Trinajstić information content (AvgIpc) is 2.85. The van der Waals surface area contributed by atoms with Crippen LogP contribution in [-0.4, -0.2) is 61.2 Å². The topological polar surface area (TPSA) is 183 Å². The van der Waals surface area contributed by atoms with Crippen LogP contribution in [0.1, 0.15) is 83.6 Å². The molecule has 4 bridgehead atoms. The molecule has 4 fully saturated rings. The SMILES string of the molecule is CCC(=O)NC(NC(C)=O)(C(=O)O)C(CC(=O)N(CC)C12CC3CC(CC(C3)C1)C2)c1ccc(OP(=O)(O)O)cc1. The fourth-order valence-electron chi connectivity index (χ4n) is 7.92. The van der Waals surface area contributed by atoms with Crippen LogP contribution < -0.4 is 15.2 Å². The van der Waals surface area contributed by atoms with E-state index in [-0.39, 0.29) is 35.6 Å². The summed E-state index contributed by atoms with van der Waals surface area (Å²) in [5.41, 5.74) is -2.41. The van der Waals surface area contributed by atoms with E-state index in [0.717, 1.165) is 26.2 Å². The zero-order valence-electron chi connectivity index (χ0n) is 23.7. The molecule has 2 atom stereocenters. The molecule has 0 saturated heterocycles. The molecule has 4 aliphatic rings. The number of benzene rings is 1. The highest BCUT2D eigenvalue weighted by atomic mass is 31.2. The number of phosphoric acid groups is 1. The molecule has 226 valence electrons. The standard InChI is InChI=1S/C28H40N3O9P/c1-4-24(33)30-28(26(35)36,29-17(3)32)23(21-6-8-22(9-7-21)40-41(37,38)39)13-25(34)31(5-2)27-14-18-10-19(15-27)12-20(11-18)16-27/h6-9,18-20,23H,4-5,10-16H2,1-3H3,(H,29,32)(H,30,33)(H,35,36)(H2,37,38,39). The highest BCUT2D eigenvalue weighted by Crippen LogP contribution is 2.58. The second-order valence-corrected chi connectivity index (χ2v) is 13.0. The summed E-state index contributed by atoms with van der Waals surface area (Å²) in [6, 6.07) is 5.23. The Hall–Kier alpha value is -2.95. The normalized spacial score (nSPS) is 26.9. The van der Waals surface area contributed by atoms with E-state index in [1.165, 1.54) is 50.5 Å². The van der Waals surface area contributed by atoms with E-state index in [2.05, 4.69) is 15.2 Å². The Morgan fingerprint density at radius 3 is 1.98 bits per heavy atom. The van der Waals surface area contributed by atoms with Crippen molar-refractivity contribution < 1.29 is 43.2 Å². The molecule has 5 rings (SSSR count). The van der Waals surface area contributed by atoms with E-state index in [4.69, 9.17) is 9.79 Å². The number of carboxylic acids is 1. The molecule has 4 aliphatic carbocycles. The fraction of sp³-hybridized carbons (Fsp3) is 0.643. The lowest BCUT2D eigenvalue weighted by Crippen LogP contribution is -2.69. The Kier molecular flexibility index (Phi) is 8.87. The second-order valence-electron chi connectivity index (χ2n) is 11.9. The zero-order chi connectivity index (χ0) is 30.2. The summed E-state index contributed by atoms with van der Waals surface area (Å²) in [6.07, 6.45) is 5.89. The molecule has 12 nitrogen and oxygen atoms in total. The van der Waals surface area contributed by atoms with Crippen molar-refractivity contribution in [2.24, 2.45) is 17.8 Å². The summed E-state index contributed by atoms with van der Waals surface area (Å²) in [6.45, 7) is 5.01. The van der Waals surface area contributed by atoms with Crippen LogP contribution in [0.25, 0.3) is 0 Å². The number of carbonyl (C=O) groups excluding carboxylic acids is 3. The lowest BCUT2D eigenvalue weighted by atomic mass is 9.52. The first-order valence-electron chi connectivity index (χ1n) is 14.2. The van der Waals surface area contributed by atoms with Gasteiger partial charge >= 0.3 is 13.8 Å². The maximum Gasteiger partial charge on any atom is 0.524 e. The molecule has 3 amide bonds. The molecule has 0 spiro atoms. The van der Waals surface area contributed by atoms with Crippen LogP contribution in [0.3, 0.4) is 0 Å². The van der Waals surface area contributed by atoms with Crippen LogP contribution in [0.15, 0.2) is 24.3 Å². The van der Waals surface area contributed by atoms with Crippen LogP contribution >= 0.6 is 7.82 Å². The van der Waals surface area contributed by atoms with E-state index in [1.54, 1.807) is 0 Å². The number of nitrogens with zero attached hydrogens (tertiary/aromatic N) is 1. The summed E-state index contributed by atoms with van der Waals surface area (Å²) in [5.74, 6) is -2.93. The molecule has 0 radical (unpaired) electrons. The third-order valence-corrected chi connectivity index (χ3v) is 9.42. The van der Waals surface area contributed by atoms with Gasteiger partial charge in [0, 0.05) is 37.8 Å². The lowest BCUT2D eigenvalue weighted by Gasteiger charge is -2.60. The number of carbonyl (C=O) groups is 4. The van der Waals surface area contributed by atoms with Crippen LogP contribution in [0.4, 0.5) is 0 Å². The van der Waals surface area contributed by atoms with Crippen molar-refractivity contribution in [3.8, 4) is 5.75 Å². The first-order chi connectivity index (χ1) is 19.2. The Morgan fingerprint density at radius 1 is 1.02 bits per heavy atom. The first-order valence-corrected chi connectivity index (χ1v) is 15.7. The third-order valence-electron chi connectivity index (χ3n) is 8.97. The minimum atomic E-state index is -4.85. The number of rotatable bonds is 12. The largest absolute Gasteiger partial charge is 0.524 e. The van der Waals surface area contributed by atoms with Gasteiger partial charge in [0.1, 0.15) is 5.75 Å². The molecule has 13 heteroatoms. The Balaban J connectivity index is 1.75. The van der Waals surface area contributed by atoms with Crippen LogP contribution in [-0.2, 0) is 23.7 Å². The number of hydrogen-bond donors (Lipinski definition) is 5. The number of phosphoric ester groups is 1. The van der Waals surface area contributed by atoms with Crippen molar-refractivity contribution in [2.75, 3.05) is 6.54 Å². The maximum absolute atomic E-state index is 14.2. The van der Waals surface area contributed by atoms with Crippen LogP contribution in [0, 0.1) is 17.8 Å². The van der Waals surface area contributed by atoms with Gasteiger partial charge in [-0.3, -0.25) is 24.2 Å². The van der Waals surface area contributed by atoms with Gasteiger partial charge in [-0.2, -0.15) is 0 Å². The molecule has 2 unspecified atom stereocenters. The molecule has 0 aromatic heterocycles. The van der Waals surface area contributed by atoms with E-state index < -0.39 is 37.2 Å². The zero-order valence-corrected chi connectivity index (χ0v) is 24.6. The number of hydrogen-bond acceptors (Lipinski definition) is 6. The van der Waals surface area contributed by atoms with Crippen molar-refractivity contribution in [1.29, 1.82) is 0 Å². The maximum atomic E-state index is 14.2. The highest BCUT2D eigenvalue weighted by Gasteiger charge is 2.56. The third kappa shape index (κ3) is 6.60. The Labute approximate surface area is 239 Å². The van der Waals surface area contributed by atoms with Gasteiger partial charge in [-0.15, -0.1) is 0 Å². The predicted molar refractivity (Wildman–Crippen MR) is 147 cm³/mol.